The van der Waals surface area contributed by atoms with Gasteiger partial charge < -0.3 is 16.4 Å². The van der Waals surface area contributed by atoms with E-state index in [9.17, 15) is 21.6 Å². The lowest BCUT2D eigenvalue weighted by molar-refractivity contribution is -0.434. The molecule has 0 spiro atoms. The second-order valence-electron chi connectivity index (χ2n) is 6.17. The van der Waals surface area contributed by atoms with Crippen LogP contribution in [0.5, 0.6) is 0 Å². The fraction of sp³-hybridized carbons (Fsp3) is 0.188. The lowest BCUT2D eigenvalue weighted by Crippen LogP contribution is -2.19. The number of benzene rings is 2. The SMILES string of the molecule is NC(=O)Nc1cc(NCS(=O)(=O)O)ccc1N=Nc1ccc(S(=O)(=O)CCOSOOO)cc1. The van der Waals surface area contributed by atoms with Gasteiger partial charge in [0.15, 0.2) is 22.2 Å². The number of nitrogens with one attached hydrogen (secondary N) is 2. The van der Waals surface area contributed by atoms with Gasteiger partial charge in [0.25, 0.3) is 10.1 Å². The standard InChI is InChI=1S/C16H19N5O10S3/c17-16(22)19-15-9-12(18-10-34(26,27)28)3-6-14(15)21-20-11-1-4-13(5-2-11)33(24,25)8-7-29-32-31-30-23/h1-6,9,18,23H,7-8,10H2,(H3,17,19,22)(H,26,27,28). The molecule has 0 saturated heterocycles. The van der Waals surface area contributed by atoms with Crippen molar-refractivity contribution in [2.75, 3.05) is 28.9 Å². The first-order chi connectivity index (χ1) is 16.0. The van der Waals surface area contributed by atoms with Gasteiger partial charge in [0, 0.05) is 5.69 Å². The molecule has 18 heteroatoms. The number of urea groups is 1. The first-order valence-electron chi connectivity index (χ1n) is 8.90. The number of rotatable bonds is 13. The molecule has 34 heavy (non-hydrogen) atoms. The number of hydrogen-bond donors (Lipinski definition) is 5. The van der Waals surface area contributed by atoms with Crippen molar-refractivity contribution >= 4 is 61.1 Å². The summed E-state index contributed by atoms with van der Waals surface area (Å²) < 4.78 is 63.8. The molecule has 6 N–H and O–H groups in total. The van der Waals surface area contributed by atoms with Crippen molar-refractivity contribution in [3.8, 4) is 0 Å². The van der Waals surface area contributed by atoms with Crippen molar-refractivity contribution in [3.05, 3.63) is 42.5 Å². The molecule has 2 aromatic rings. The van der Waals surface area contributed by atoms with Crippen LogP contribution < -0.4 is 16.4 Å². The fourth-order valence-corrected chi connectivity index (χ4v) is 4.06. The van der Waals surface area contributed by atoms with E-state index in [1.54, 1.807) is 0 Å². The second-order valence-corrected chi connectivity index (χ2v) is 10.2. The van der Waals surface area contributed by atoms with Gasteiger partial charge in [-0.15, -0.1) is 9.45 Å². The molecular weight excluding hydrogens is 518 g/mol. The molecule has 2 aromatic carbocycles. The molecule has 0 heterocycles. The molecule has 0 saturated carbocycles. The van der Waals surface area contributed by atoms with Crippen molar-refractivity contribution < 1.29 is 45.0 Å². The Labute approximate surface area is 198 Å². The number of amides is 2. The Balaban J connectivity index is 2.12. The van der Waals surface area contributed by atoms with Crippen LogP contribution in [-0.4, -0.2) is 50.9 Å². The fourth-order valence-electron chi connectivity index (χ4n) is 2.30. The Morgan fingerprint density at radius 2 is 1.79 bits per heavy atom. The molecule has 0 bridgehead atoms. The summed E-state index contributed by atoms with van der Waals surface area (Å²) in [4.78, 5) is 11.3. The maximum atomic E-state index is 12.3. The van der Waals surface area contributed by atoms with E-state index in [4.69, 9.17) is 19.7 Å². The molecule has 2 rings (SSSR count). The molecule has 0 aliphatic heterocycles. The van der Waals surface area contributed by atoms with Crippen LogP contribution in [0.2, 0.25) is 0 Å². The van der Waals surface area contributed by atoms with Crippen LogP contribution in [-0.2, 0) is 33.5 Å². The summed E-state index contributed by atoms with van der Waals surface area (Å²) in [6.07, 6.45) is 0. The van der Waals surface area contributed by atoms with Gasteiger partial charge in [-0.05, 0) is 42.5 Å². The molecule has 0 radical (unpaired) electrons. The van der Waals surface area contributed by atoms with Gasteiger partial charge in [0.2, 0.25) is 0 Å². The molecule has 0 atom stereocenters. The van der Waals surface area contributed by atoms with Crippen molar-refractivity contribution in [1.82, 2.24) is 0 Å². The van der Waals surface area contributed by atoms with Crippen molar-refractivity contribution in [3.63, 3.8) is 0 Å². The lowest BCUT2D eigenvalue weighted by atomic mass is 10.2. The van der Waals surface area contributed by atoms with E-state index in [0.29, 0.717) is 0 Å². The number of sulfone groups is 1. The van der Waals surface area contributed by atoms with E-state index in [1.807, 2.05) is 0 Å². The average Bonchev–Trinajstić information content (AvgIpc) is 2.76. The van der Waals surface area contributed by atoms with E-state index >= 15 is 0 Å². The summed E-state index contributed by atoms with van der Waals surface area (Å²) in [5, 5.41) is 24.0. The largest absolute Gasteiger partial charge is 0.370 e. The van der Waals surface area contributed by atoms with Gasteiger partial charge in [0.05, 0.1) is 28.6 Å². The third kappa shape index (κ3) is 9.57. The van der Waals surface area contributed by atoms with Crippen LogP contribution in [0.15, 0.2) is 57.6 Å². The topological polar surface area (TPSA) is 228 Å². The van der Waals surface area contributed by atoms with Gasteiger partial charge in [-0.3, -0.25) is 8.74 Å². The zero-order chi connectivity index (χ0) is 25.2. The molecule has 186 valence electrons. The Morgan fingerprint density at radius 1 is 1.09 bits per heavy atom. The van der Waals surface area contributed by atoms with Gasteiger partial charge in [0.1, 0.15) is 11.6 Å². The highest BCUT2D eigenvalue weighted by Gasteiger charge is 2.15. The summed E-state index contributed by atoms with van der Waals surface area (Å²) in [5.74, 6) is -1.12. The highest BCUT2D eigenvalue weighted by molar-refractivity contribution is 7.91. The van der Waals surface area contributed by atoms with Crippen molar-refractivity contribution in [2.45, 2.75) is 4.90 Å². The summed E-state index contributed by atoms with van der Waals surface area (Å²) in [6, 6.07) is 8.69. The first kappa shape index (κ1) is 27.4. The zero-order valence-corrected chi connectivity index (χ0v) is 19.5. The number of nitrogens with two attached hydrogens (primary N) is 1. The summed E-state index contributed by atoms with van der Waals surface area (Å²) >= 11 is 0.265. The highest BCUT2D eigenvalue weighted by atomic mass is 32.2. The highest BCUT2D eigenvalue weighted by Crippen LogP contribution is 2.30. The van der Waals surface area contributed by atoms with E-state index in [0.717, 1.165) is 0 Å². The van der Waals surface area contributed by atoms with E-state index in [2.05, 4.69) is 30.2 Å². The van der Waals surface area contributed by atoms with Crippen molar-refractivity contribution in [2.24, 2.45) is 16.0 Å². The number of carbonyl (C=O) groups is 1. The minimum Gasteiger partial charge on any atom is -0.370 e. The Hall–Kier alpha value is -2.84. The van der Waals surface area contributed by atoms with E-state index in [-0.39, 0.29) is 52.3 Å². The van der Waals surface area contributed by atoms with E-state index in [1.165, 1.54) is 42.5 Å². The molecular formula is C16H19N5O10S3. The summed E-state index contributed by atoms with van der Waals surface area (Å²) in [7, 11) is -7.94. The smallest absolute Gasteiger partial charge is 0.316 e. The van der Waals surface area contributed by atoms with Crippen LogP contribution in [0, 0.1) is 0 Å². The number of hydrogen-bond acceptors (Lipinski definition) is 13. The number of nitrogens with zero attached hydrogens (tertiary/aromatic N) is 2. The van der Waals surface area contributed by atoms with Gasteiger partial charge in [-0.1, -0.05) is 5.04 Å². The maximum absolute atomic E-state index is 12.3. The van der Waals surface area contributed by atoms with Gasteiger partial charge in [-0.25, -0.2) is 18.5 Å². The Kier molecular flexibility index (Phi) is 10.1. The van der Waals surface area contributed by atoms with Gasteiger partial charge >= 0.3 is 6.03 Å². The third-order valence-electron chi connectivity index (χ3n) is 3.72. The molecule has 0 aliphatic rings. The minimum atomic E-state index is -4.27. The lowest BCUT2D eigenvalue weighted by Gasteiger charge is -2.09. The maximum Gasteiger partial charge on any atom is 0.316 e. The number of anilines is 2. The van der Waals surface area contributed by atoms with E-state index < -0.39 is 31.9 Å². The van der Waals surface area contributed by atoms with Crippen LogP contribution in [0.1, 0.15) is 0 Å². The monoisotopic (exact) mass is 537 g/mol. The third-order valence-corrected chi connectivity index (χ3v) is 6.31. The number of azo groups is 1. The average molecular weight is 538 g/mol. The van der Waals surface area contributed by atoms with Crippen LogP contribution in [0.25, 0.3) is 0 Å². The normalized spacial score (nSPS) is 12.1. The zero-order valence-electron chi connectivity index (χ0n) is 17.0. The predicted octanol–water partition coefficient (Wildman–Crippen LogP) is 2.62. The molecule has 0 aromatic heterocycles. The second kappa shape index (κ2) is 12.6. The molecule has 0 fully saturated rings. The first-order valence-corrected chi connectivity index (χ1v) is 12.8. The van der Waals surface area contributed by atoms with Crippen LogP contribution >= 0.6 is 12.3 Å². The number of primary amides is 1. The number of carbonyl (C=O) groups excluding carboxylic acids is 1. The summed E-state index contributed by atoms with van der Waals surface area (Å²) in [5.41, 5.74) is 5.94. The molecule has 0 unspecified atom stereocenters. The summed E-state index contributed by atoms with van der Waals surface area (Å²) in [6.45, 7) is -0.234. The Bertz CT molecular complexity index is 1220. The quantitative estimate of drug-likeness (QED) is 0.0620. The minimum absolute atomic E-state index is 0.00437. The van der Waals surface area contributed by atoms with Crippen LogP contribution in [0.3, 0.4) is 0 Å². The molecule has 15 nitrogen and oxygen atoms in total. The van der Waals surface area contributed by atoms with Crippen LogP contribution in [0.4, 0.5) is 27.5 Å². The van der Waals surface area contributed by atoms with Gasteiger partial charge in [-0.2, -0.15) is 13.5 Å². The van der Waals surface area contributed by atoms with Crippen molar-refractivity contribution in [1.29, 1.82) is 0 Å². The predicted molar refractivity (Wildman–Crippen MR) is 121 cm³/mol. The molecule has 2 amide bonds. The molecule has 0 aliphatic carbocycles. The Morgan fingerprint density at radius 3 is 2.41 bits per heavy atom.